The van der Waals surface area contributed by atoms with Crippen molar-refractivity contribution in [2.45, 2.75) is 6.10 Å². The molecule has 3 N–H and O–H groups in total. The molecule has 1 aromatic carbocycles. The second kappa shape index (κ2) is 7.46. The van der Waals surface area contributed by atoms with Gasteiger partial charge in [-0.1, -0.05) is 0 Å². The second-order valence-corrected chi connectivity index (χ2v) is 4.78. The van der Waals surface area contributed by atoms with Crippen LogP contribution >= 0.6 is 0 Å². The SMILES string of the molecule is COc1ccc(OC)c([C@@H](O)CNC(=O)c2ccc(=O)[nH]c2)c1. The molecule has 23 heavy (non-hydrogen) atoms. The zero-order chi connectivity index (χ0) is 16.8. The summed E-state index contributed by atoms with van der Waals surface area (Å²) < 4.78 is 10.3. The molecule has 2 rings (SSSR count). The standard InChI is InChI=1S/C16H18N2O5/c1-22-11-4-5-14(23-2)12(7-11)13(19)9-18-16(21)10-3-6-15(20)17-8-10/h3-8,13,19H,9H2,1-2H3,(H,17,20)(H,18,21)/t13-/m0/s1. The van der Waals surface area contributed by atoms with Crippen LogP contribution in [-0.2, 0) is 0 Å². The van der Waals surface area contributed by atoms with Gasteiger partial charge in [0.15, 0.2) is 0 Å². The normalized spacial score (nSPS) is 11.6. The maximum Gasteiger partial charge on any atom is 0.252 e. The molecule has 1 amide bonds. The fraction of sp³-hybridized carbons (Fsp3) is 0.250. The summed E-state index contributed by atoms with van der Waals surface area (Å²) in [6.07, 6.45) is 0.350. The molecule has 0 bridgehead atoms. The highest BCUT2D eigenvalue weighted by Gasteiger charge is 2.16. The van der Waals surface area contributed by atoms with Crippen molar-refractivity contribution < 1.29 is 19.4 Å². The molecule has 1 heterocycles. The van der Waals surface area contributed by atoms with Crippen LogP contribution in [0, 0.1) is 0 Å². The van der Waals surface area contributed by atoms with E-state index in [1.807, 2.05) is 0 Å². The number of pyridine rings is 1. The number of carbonyl (C=O) groups excluding carboxylic acids is 1. The van der Waals surface area contributed by atoms with Gasteiger partial charge < -0.3 is 24.9 Å². The molecule has 1 aromatic heterocycles. The largest absolute Gasteiger partial charge is 0.497 e. The number of benzene rings is 1. The number of aromatic amines is 1. The van der Waals surface area contributed by atoms with Gasteiger partial charge in [-0.15, -0.1) is 0 Å². The Balaban J connectivity index is 2.07. The Labute approximate surface area is 132 Å². The summed E-state index contributed by atoms with van der Waals surface area (Å²) in [4.78, 5) is 25.4. The van der Waals surface area contributed by atoms with Crippen LogP contribution in [0.2, 0.25) is 0 Å². The lowest BCUT2D eigenvalue weighted by Crippen LogP contribution is -2.29. The van der Waals surface area contributed by atoms with Crippen molar-refractivity contribution in [3.8, 4) is 11.5 Å². The Kier molecular flexibility index (Phi) is 5.37. The maximum atomic E-state index is 12.0. The summed E-state index contributed by atoms with van der Waals surface area (Å²) in [5.74, 6) is 0.672. The highest BCUT2D eigenvalue weighted by molar-refractivity contribution is 5.93. The maximum absolute atomic E-state index is 12.0. The lowest BCUT2D eigenvalue weighted by atomic mass is 10.1. The van der Waals surface area contributed by atoms with E-state index in [1.54, 1.807) is 18.2 Å². The smallest absolute Gasteiger partial charge is 0.252 e. The fourth-order valence-electron chi connectivity index (χ4n) is 2.05. The van der Waals surface area contributed by atoms with Gasteiger partial charge >= 0.3 is 0 Å². The molecule has 7 heteroatoms. The van der Waals surface area contributed by atoms with Crippen LogP contribution in [-0.4, -0.2) is 36.8 Å². The van der Waals surface area contributed by atoms with E-state index >= 15 is 0 Å². The number of amides is 1. The quantitative estimate of drug-likeness (QED) is 0.733. The second-order valence-electron chi connectivity index (χ2n) is 4.78. The first-order valence-corrected chi connectivity index (χ1v) is 6.92. The van der Waals surface area contributed by atoms with E-state index in [0.29, 0.717) is 22.6 Å². The van der Waals surface area contributed by atoms with E-state index in [9.17, 15) is 14.7 Å². The average molecular weight is 318 g/mol. The molecule has 7 nitrogen and oxygen atoms in total. The minimum atomic E-state index is -0.966. The summed E-state index contributed by atoms with van der Waals surface area (Å²) in [7, 11) is 3.02. The zero-order valence-corrected chi connectivity index (χ0v) is 12.8. The Morgan fingerprint density at radius 1 is 1.26 bits per heavy atom. The average Bonchev–Trinajstić information content (AvgIpc) is 2.59. The van der Waals surface area contributed by atoms with Gasteiger partial charge in [-0.25, -0.2) is 0 Å². The topological polar surface area (TPSA) is 101 Å². The Morgan fingerprint density at radius 2 is 2.04 bits per heavy atom. The lowest BCUT2D eigenvalue weighted by molar-refractivity contribution is 0.0914. The van der Waals surface area contributed by atoms with Crippen molar-refractivity contribution in [1.82, 2.24) is 10.3 Å². The van der Waals surface area contributed by atoms with Crippen molar-refractivity contribution >= 4 is 5.91 Å². The number of H-pyrrole nitrogens is 1. The molecular weight excluding hydrogens is 300 g/mol. The first kappa shape index (κ1) is 16.6. The Bertz CT molecular complexity index is 721. The summed E-state index contributed by atoms with van der Waals surface area (Å²) >= 11 is 0. The van der Waals surface area contributed by atoms with E-state index in [0.717, 1.165) is 0 Å². The van der Waals surface area contributed by atoms with Gasteiger partial charge in [0.05, 0.1) is 19.8 Å². The first-order chi connectivity index (χ1) is 11.0. The molecule has 122 valence electrons. The van der Waals surface area contributed by atoms with Crippen molar-refractivity contribution in [3.63, 3.8) is 0 Å². The van der Waals surface area contributed by atoms with Gasteiger partial charge in [-0.3, -0.25) is 9.59 Å². The summed E-state index contributed by atoms with van der Waals surface area (Å²) in [5, 5.41) is 12.9. The molecule has 2 aromatic rings. The number of methoxy groups -OCH3 is 2. The third-order valence-corrected chi connectivity index (χ3v) is 3.30. The number of hydrogen-bond donors (Lipinski definition) is 3. The van der Waals surface area contributed by atoms with Gasteiger partial charge in [0.1, 0.15) is 17.6 Å². The lowest BCUT2D eigenvalue weighted by Gasteiger charge is -2.16. The Morgan fingerprint density at radius 3 is 2.65 bits per heavy atom. The molecule has 0 saturated carbocycles. The van der Waals surface area contributed by atoms with Crippen LogP contribution < -0.4 is 20.3 Å². The zero-order valence-electron chi connectivity index (χ0n) is 12.8. The number of ether oxygens (including phenoxy) is 2. The number of aliphatic hydroxyl groups is 1. The van der Waals surface area contributed by atoms with Gasteiger partial charge in [0.2, 0.25) is 5.56 Å². The number of carbonyl (C=O) groups is 1. The molecule has 0 saturated heterocycles. The fourth-order valence-corrected chi connectivity index (χ4v) is 2.05. The molecule has 0 unspecified atom stereocenters. The van der Waals surface area contributed by atoms with Crippen molar-refractivity contribution in [3.05, 3.63) is 58.0 Å². The molecule has 0 aliphatic rings. The third-order valence-electron chi connectivity index (χ3n) is 3.30. The predicted molar refractivity (Wildman–Crippen MR) is 83.9 cm³/mol. The van der Waals surface area contributed by atoms with E-state index in [2.05, 4.69) is 10.3 Å². The van der Waals surface area contributed by atoms with E-state index in [1.165, 1.54) is 32.5 Å². The van der Waals surface area contributed by atoms with E-state index in [4.69, 9.17) is 9.47 Å². The van der Waals surface area contributed by atoms with Crippen LogP contribution in [0.4, 0.5) is 0 Å². The molecule has 1 atom stereocenters. The van der Waals surface area contributed by atoms with Gasteiger partial charge in [0.25, 0.3) is 5.91 Å². The van der Waals surface area contributed by atoms with E-state index < -0.39 is 12.0 Å². The molecule has 0 radical (unpaired) electrons. The van der Waals surface area contributed by atoms with Crippen LogP contribution in [0.3, 0.4) is 0 Å². The van der Waals surface area contributed by atoms with Crippen LogP contribution in [0.1, 0.15) is 22.0 Å². The number of rotatable bonds is 6. The van der Waals surface area contributed by atoms with Gasteiger partial charge in [-0.2, -0.15) is 0 Å². The van der Waals surface area contributed by atoms with Gasteiger partial charge in [0, 0.05) is 24.4 Å². The minimum Gasteiger partial charge on any atom is -0.497 e. The number of hydrogen-bond acceptors (Lipinski definition) is 5. The molecule has 0 spiro atoms. The molecule has 0 aliphatic carbocycles. The number of nitrogens with one attached hydrogen (secondary N) is 2. The Hall–Kier alpha value is -2.80. The molecular formula is C16H18N2O5. The molecule has 0 aliphatic heterocycles. The predicted octanol–water partition coefficient (Wildman–Crippen LogP) is 0.855. The summed E-state index contributed by atoms with van der Waals surface area (Å²) in [6, 6.07) is 7.72. The summed E-state index contributed by atoms with van der Waals surface area (Å²) in [5.41, 5.74) is 0.519. The van der Waals surface area contributed by atoms with Crippen molar-refractivity contribution in [2.75, 3.05) is 20.8 Å². The third kappa shape index (κ3) is 4.10. The monoisotopic (exact) mass is 318 g/mol. The van der Waals surface area contributed by atoms with Gasteiger partial charge in [-0.05, 0) is 24.3 Å². The number of aromatic nitrogens is 1. The first-order valence-electron chi connectivity index (χ1n) is 6.92. The highest BCUT2D eigenvalue weighted by atomic mass is 16.5. The van der Waals surface area contributed by atoms with Crippen molar-refractivity contribution in [1.29, 1.82) is 0 Å². The van der Waals surface area contributed by atoms with Crippen LogP contribution in [0.25, 0.3) is 0 Å². The summed E-state index contributed by atoms with van der Waals surface area (Å²) in [6.45, 7) is -0.0124. The van der Waals surface area contributed by atoms with Crippen LogP contribution in [0.15, 0.2) is 41.3 Å². The number of aliphatic hydroxyl groups excluding tert-OH is 1. The van der Waals surface area contributed by atoms with Crippen molar-refractivity contribution in [2.24, 2.45) is 0 Å². The molecule has 0 fully saturated rings. The minimum absolute atomic E-state index is 0.0124. The van der Waals surface area contributed by atoms with E-state index in [-0.39, 0.29) is 12.1 Å². The highest BCUT2D eigenvalue weighted by Crippen LogP contribution is 2.29. The van der Waals surface area contributed by atoms with Crippen LogP contribution in [0.5, 0.6) is 11.5 Å².